The Hall–Kier alpha value is -2.23. The SMILES string of the molecule is OC(CCl)CCc1cc(-c2ccccc2)nc(-c2ccccc2)n1. The Morgan fingerprint density at radius 2 is 1.50 bits per heavy atom. The van der Waals surface area contributed by atoms with E-state index in [0.29, 0.717) is 18.7 Å². The number of hydrogen-bond acceptors (Lipinski definition) is 3. The summed E-state index contributed by atoms with van der Waals surface area (Å²) in [7, 11) is 0. The number of alkyl halides is 1. The summed E-state index contributed by atoms with van der Waals surface area (Å²) >= 11 is 5.69. The molecule has 1 N–H and O–H groups in total. The number of nitrogens with zero attached hydrogens (tertiary/aromatic N) is 2. The Labute approximate surface area is 147 Å². The van der Waals surface area contributed by atoms with Gasteiger partial charge in [-0.15, -0.1) is 11.6 Å². The molecule has 3 aromatic rings. The molecule has 3 rings (SSSR count). The fraction of sp³-hybridized carbons (Fsp3) is 0.200. The molecule has 0 radical (unpaired) electrons. The van der Waals surface area contributed by atoms with Crippen LogP contribution in [0.25, 0.3) is 22.6 Å². The Morgan fingerprint density at radius 1 is 0.875 bits per heavy atom. The number of halogens is 1. The van der Waals surface area contributed by atoms with E-state index in [9.17, 15) is 5.11 Å². The van der Waals surface area contributed by atoms with Crippen LogP contribution in [0.2, 0.25) is 0 Å². The van der Waals surface area contributed by atoms with Crippen molar-refractivity contribution in [1.82, 2.24) is 9.97 Å². The second-order valence-corrected chi connectivity index (χ2v) is 5.96. The number of aliphatic hydroxyl groups is 1. The van der Waals surface area contributed by atoms with Gasteiger partial charge in [-0.2, -0.15) is 0 Å². The van der Waals surface area contributed by atoms with E-state index in [1.54, 1.807) is 0 Å². The second-order valence-electron chi connectivity index (χ2n) is 5.65. The van der Waals surface area contributed by atoms with Crippen LogP contribution in [-0.2, 0) is 6.42 Å². The number of benzene rings is 2. The van der Waals surface area contributed by atoms with Crippen LogP contribution < -0.4 is 0 Å². The lowest BCUT2D eigenvalue weighted by Crippen LogP contribution is -2.10. The molecule has 0 aliphatic heterocycles. The molecule has 1 heterocycles. The Kier molecular flexibility index (Phi) is 5.57. The van der Waals surface area contributed by atoms with Crippen LogP contribution in [0.3, 0.4) is 0 Å². The number of aryl methyl sites for hydroxylation is 1. The molecular weight excluding hydrogens is 320 g/mol. The van der Waals surface area contributed by atoms with E-state index >= 15 is 0 Å². The minimum atomic E-state index is -0.512. The van der Waals surface area contributed by atoms with E-state index < -0.39 is 6.10 Å². The van der Waals surface area contributed by atoms with E-state index in [2.05, 4.69) is 4.98 Å². The van der Waals surface area contributed by atoms with Gasteiger partial charge in [0.15, 0.2) is 5.82 Å². The van der Waals surface area contributed by atoms with Crippen molar-refractivity contribution in [2.45, 2.75) is 18.9 Å². The molecule has 24 heavy (non-hydrogen) atoms. The molecule has 3 nitrogen and oxygen atoms in total. The fourth-order valence-electron chi connectivity index (χ4n) is 2.49. The van der Waals surface area contributed by atoms with Crippen LogP contribution in [-0.4, -0.2) is 27.1 Å². The first-order chi connectivity index (χ1) is 11.8. The Morgan fingerprint density at radius 3 is 2.12 bits per heavy atom. The van der Waals surface area contributed by atoms with Gasteiger partial charge in [0.2, 0.25) is 0 Å². The predicted molar refractivity (Wildman–Crippen MR) is 98.0 cm³/mol. The normalized spacial score (nSPS) is 12.1. The Bertz CT molecular complexity index is 720. The second kappa shape index (κ2) is 8.04. The van der Waals surface area contributed by atoms with Crippen molar-refractivity contribution in [1.29, 1.82) is 0 Å². The molecule has 0 fully saturated rings. The lowest BCUT2D eigenvalue weighted by molar-refractivity contribution is 0.188. The zero-order valence-corrected chi connectivity index (χ0v) is 14.0. The van der Waals surface area contributed by atoms with Crippen molar-refractivity contribution in [3.05, 3.63) is 72.4 Å². The fourth-order valence-corrected chi connectivity index (χ4v) is 2.64. The molecule has 0 spiro atoms. The zero-order chi connectivity index (χ0) is 16.8. The lowest BCUT2D eigenvalue weighted by atomic mass is 10.1. The van der Waals surface area contributed by atoms with Gasteiger partial charge in [0.05, 0.1) is 11.8 Å². The quantitative estimate of drug-likeness (QED) is 0.680. The van der Waals surface area contributed by atoms with E-state index in [1.165, 1.54) is 0 Å². The highest BCUT2D eigenvalue weighted by atomic mass is 35.5. The molecule has 2 aromatic carbocycles. The van der Waals surface area contributed by atoms with Gasteiger partial charge >= 0.3 is 0 Å². The van der Waals surface area contributed by atoms with Gasteiger partial charge in [-0.3, -0.25) is 0 Å². The van der Waals surface area contributed by atoms with Gasteiger partial charge in [0.25, 0.3) is 0 Å². The third-order valence-electron chi connectivity index (χ3n) is 3.79. The van der Waals surface area contributed by atoms with Crippen molar-refractivity contribution in [3.63, 3.8) is 0 Å². The smallest absolute Gasteiger partial charge is 0.160 e. The van der Waals surface area contributed by atoms with Gasteiger partial charge in [-0.25, -0.2) is 9.97 Å². The molecule has 4 heteroatoms. The summed E-state index contributed by atoms with van der Waals surface area (Å²) in [4.78, 5) is 9.39. The average molecular weight is 339 g/mol. The number of aromatic nitrogens is 2. The highest BCUT2D eigenvalue weighted by Crippen LogP contribution is 2.23. The molecule has 1 unspecified atom stereocenters. The van der Waals surface area contributed by atoms with Crippen molar-refractivity contribution in [2.75, 3.05) is 5.88 Å². The summed E-state index contributed by atoms with van der Waals surface area (Å²) in [6.45, 7) is 0. The first-order valence-electron chi connectivity index (χ1n) is 7.99. The first kappa shape index (κ1) is 16.6. The highest BCUT2D eigenvalue weighted by molar-refractivity contribution is 6.18. The monoisotopic (exact) mass is 338 g/mol. The molecule has 0 aliphatic carbocycles. The van der Waals surface area contributed by atoms with Crippen LogP contribution in [0.4, 0.5) is 0 Å². The molecule has 0 aliphatic rings. The third kappa shape index (κ3) is 4.19. The highest BCUT2D eigenvalue weighted by Gasteiger charge is 2.10. The van der Waals surface area contributed by atoms with Crippen LogP contribution in [0.1, 0.15) is 12.1 Å². The van der Waals surface area contributed by atoms with Crippen molar-refractivity contribution in [3.8, 4) is 22.6 Å². The topological polar surface area (TPSA) is 46.0 Å². The number of hydrogen-bond donors (Lipinski definition) is 1. The van der Waals surface area contributed by atoms with Crippen LogP contribution in [0.15, 0.2) is 66.7 Å². The predicted octanol–water partition coefficient (Wildman–Crippen LogP) is 4.34. The molecule has 0 bridgehead atoms. The minimum Gasteiger partial charge on any atom is -0.392 e. The summed E-state index contributed by atoms with van der Waals surface area (Å²) in [5, 5.41) is 9.72. The largest absolute Gasteiger partial charge is 0.392 e. The van der Waals surface area contributed by atoms with Gasteiger partial charge in [0.1, 0.15) is 0 Å². The van der Waals surface area contributed by atoms with Crippen LogP contribution >= 0.6 is 11.6 Å². The lowest BCUT2D eigenvalue weighted by Gasteiger charge is -2.10. The summed E-state index contributed by atoms with van der Waals surface area (Å²) in [6, 6.07) is 22.0. The Balaban J connectivity index is 1.99. The number of rotatable bonds is 6. The third-order valence-corrected chi connectivity index (χ3v) is 4.15. The zero-order valence-electron chi connectivity index (χ0n) is 13.3. The van der Waals surface area contributed by atoms with Crippen molar-refractivity contribution < 1.29 is 5.11 Å². The van der Waals surface area contributed by atoms with Crippen LogP contribution in [0, 0.1) is 0 Å². The van der Waals surface area contributed by atoms with Crippen molar-refractivity contribution in [2.24, 2.45) is 0 Å². The summed E-state index contributed by atoms with van der Waals surface area (Å²) < 4.78 is 0. The summed E-state index contributed by atoms with van der Waals surface area (Å²) in [5.41, 5.74) is 3.83. The number of aliphatic hydroxyl groups excluding tert-OH is 1. The van der Waals surface area contributed by atoms with Gasteiger partial charge in [0, 0.05) is 22.7 Å². The molecular formula is C20H19ClN2O. The molecule has 0 saturated heterocycles. The van der Waals surface area contributed by atoms with Crippen molar-refractivity contribution >= 4 is 11.6 Å². The van der Waals surface area contributed by atoms with Crippen LogP contribution in [0.5, 0.6) is 0 Å². The average Bonchev–Trinajstić information content (AvgIpc) is 2.67. The maximum absolute atomic E-state index is 9.72. The molecule has 1 atom stereocenters. The summed E-state index contributed by atoms with van der Waals surface area (Å²) in [6.07, 6.45) is 0.737. The molecule has 0 amide bonds. The van der Waals surface area contributed by atoms with Gasteiger partial charge in [-0.1, -0.05) is 60.7 Å². The maximum atomic E-state index is 9.72. The maximum Gasteiger partial charge on any atom is 0.160 e. The standard InChI is InChI=1S/C20H19ClN2O/c21-14-18(24)12-11-17-13-19(15-7-3-1-4-8-15)23-20(22-17)16-9-5-2-6-10-16/h1-10,13,18,24H,11-12,14H2. The van der Waals surface area contributed by atoms with E-state index in [4.69, 9.17) is 16.6 Å². The molecule has 122 valence electrons. The summed E-state index contributed by atoms with van der Waals surface area (Å²) in [5.74, 6) is 0.939. The first-order valence-corrected chi connectivity index (χ1v) is 8.52. The molecule has 0 saturated carbocycles. The minimum absolute atomic E-state index is 0.238. The van der Waals surface area contributed by atoms with E-state index in [0.717, 1.165) is 22.5 Å². The van der Waals surface area contributed by atoms with Gasteiger partial charge in [-0.05, 0) is 18.9 Å². The van der Waals surface area contributed by atoms with Gasteiger partial charge < -0.3 is 5.11 Å². The van der Waals surface area contributed by atoms with E-state index in [1.807, 2.05) is 66.7 Å². The molecule has 1 aromatic heterocycles. The van der Waals surface area contributed by atoms with E-state index in [-0.39, 0.29) is 5.88 Å².